The molecule has 0 bridgehead atoms. The number of ether oxygens (including phenoxy) is 1. The molecule has 1 fully saturated rings. The number of thioether (sulfide) groups is 1. The van der Waals surface area contributed by atoms with Gasteiger partial charge in [0, 0.05) is 4.47 Å². The summed E-state index contributed by atoms with van der Waals surface area (Å²) >= 11 is 7.56. The number of aromatic hydroxyl groups is 1. The molecule has 1 saturated heterocycles. The number of hydrogen-bond acceptors (Lipinski definition) is 5. The topological polar surface area (TPSA) is 66.8 Å². The molecule has 134 valence electrons. The van der Waals surface area contributed by atoms with Gasteiger partial charge in [-0.3, -0.25) is 14.5 Å². The Hall–Kier alpha value is -1.77. The van der Waals surface area contributed by atoms with Crippen molar-refractivity contribution in [1.29, 1.82) is 0 Å². The average molecular weight is 499 g/mol. The zero-order valence-corrected chi connectivity index (χ0v) is 17.5. The van der Waals surface area contributed by atoms with Gasteiger partial charge in [-0.15, -0.1) is 0 Å². The van der Waals surface area contributed by atoms with E-state index in [1.54, 1.807) is 18.2 Å². The number of imide groups is 1. The van der Waals surface area contributed by atoms with Crippen LogP contribution >= 0.6 is 43.6 Å². The maximum Gasteiger partial charge on any atom is 0.293 e. The van der Waals surface area contributed by atoms with E-state index in [4.69, 9.17) is 4.74 Å². The van der Waals surface area contributed by atoms with Crippen LogP contribution in [0.5, 0.6) is 11.5 Å². The Bertz CT molecular complexity index is 929. The van der Waals surface area contributed by atoms with Crippen molar-refractivity contribution in [3.63, 3.8) is 0 Å². The number of rotatable bonds is 4. The van der Waals surface area contributed by atoms with Crippen LogP contribution in [0, 0.1) is 0 Å². The first-order valence-electron chi connectivity index (χ1n) is 7.46. The highest BCUT2D eigenvalue weighted by molar-refractivity contribution is 9.10. The summed E-state index contributed by atoms with van der Waals surface area (Å²) in [5.74, 6) is -0.0938. The minimum atomic E-state index is -0.348. The van der Waals surface area contributed by atoms with Gasteiger partial charge in [0.05, 0.1) is 23.0 Å². The second-order valence-corrected chi connectivity index (χ2v) is 8.11. The van der Waals surface area contributed by atoms with E-state index >= 15 is 0 Å². The molecule has 2 aromatic rings. The fourth-order valence-corrected chi connectivity index (χ4v) is 4.13. The number of benzene rings is 2. The van der Waals surface area contributed by atoms with Gasteiger partial charge in [-0.1, -0.05) is 34.1 Å². The lowest BCUT2D eigenvalue weighted by molar-refractivity contribution is -0.123. The lowest BCUT2D eigenvalue weighted by atomic mass is 10.1. The standard InChI is InChI=1S/C18H13Br2NO4S/c1-25-14-7-10(6-13(20)16(14)22)8-15-17(23)21(18(24)26-15)9-11-4-2-3-5-12(11)19/h2-8,22H,9H2,1H3/b15-8-. The van der Waals surface area contributed by atoms with E-state index in [0.29, 0.717) is 14.9 Å². The molecule has 3 rings (SSSR count). The maximum atomic E-state index is 12.7. The Morgan fingerprint density at radius 3 is 2.62 bits per heavy atom. The second kappa shape index (κ2) is 7.85. The lowest BCUT2D eigenvalue weighted by Gasteiger charge is -2.13. The van der Waals surface area contributed by atoms with Gasteiger partial charge in [-0.25, -0.2) is 0 Å². The minimum Gasteiger partial charge on any atom is -0.503 e. The fourth-order valence-electron chi connectivity index (χ4n) is 2.42. The van der Waals surface area contributed by atoms with Crippen LogP contribution in [0.25, 0.3) is 6.08 Å². The van der Waals surface area contributed by atoms with Crippen molar-refractivity contribution in [1.82, 2.24) is 4.90 Å². The first-order chi connectivity index (χ1) is 12.4. The molecule has 8 heteroatoms. The third kappa shape index (κ3) is 3.82. The van der Waals surface area contributed by atoms with Crippen molar-refractivity contribution < 1.29 is 19.4 Å². The fraction of sp³-hybridized carbons (Fsp3) is 0.111. The number of hydrogen-bond donors (Lipinski definition) is 1. The predicted molar refractivity (Wildman–Crippen MR) is 108 cm³/mol. The van der Waals surface area contributed by atoms with Crippen LogP contribution in [0.4, 0.5) is 4.79 Å². The largest absolute Gasteiger partial charge is 0.503 e. The molecule has 0 aliphatic carbocycles. The molecule has 0 saturated carbocycles. The zero-order valence-electron chi connectivity index (χ0n) is 13.5. The smallest absolute Gasteiger partial charge is 0.293 e. The molecule has 1 heterocycles. The van der Waals surface area contributed by atoms with Crippen LogP contribution in [0.1, 0.15) is 11.1 Å². The Morgan fingerprint density at radius 1 is 1.19 bits per heavy atom. The molecule has 0 atom stereocenters. The molecular weight excluding hydrogens is 486 g/mol. The summed E-state index contributed by atoms with van der Waals surface area (Å²) in [6.07, 6.45) is 1.61. The molecule has 0 unspecified atom stereocenters. The summed E-state index contributed by atoms with van der Waals surface area (Å²) < 4.78 is 6.39. The Balaban J connectivity index is 1.88. The third-order valence-electron chi connectivity index (χ3n) is 3.73. The Morgan fingerprint density at radius 2 is 1.92 bits per heavy atom. The molecule has 2 aromatic carbocycles. The number of methoxy groups -OCH3 is 1. The van der Waals surface area contributed by atoms with E-state index in [1.807, 2.05) is 24.3 Å². The highest BCUT2D eigenvalue weighted by Gasteiger charge is 2.35. The number of amides is 2. The first kappa shape index (κ1) is 19.0. The molecule has 5 nitrogen and oxygen atoms in total. The van der Waals surface area contributed by atoms with Gasteiger partial charge in [-0.2, -0.15) is 0 Å². The molecule has 0 spiro atoms. The van der Waals surface area contributed by atoms with Crippen molar-refractivity contribution in [2.75, 3.05) is 7.11 Å². The van der Waals surface area contributed by atoms with Crippen LogP contribution in [-0.4, -0.2) is 28.3 Å². The molecular formula is C18H13Br2NO4S. The number of phenolic OH excluding ortho intramolecular Hbond substituents is 1. The predicted octanol–water partition coefficient (Wildman–Crippen LogP) is 5.16. The van der Waals surface area contributed by atoms with E-state index < -0.39 is 0 Å². The Labute approximate surface area is 171 Å². The number of phenols is 1. The number of carbonyl (C=O) groups is 2. The number of carbonyl (C=O) groups excluding carboxylic acids is 2. The highest BCUT2D eigenvalue weighted by atomic mass is 79.9. The molecule has 1 aliphatic rings. The van der Waals surface area contributed by atoms with E-state index in [-0.39, 0.29) is 29.2 Å². The number of nitrogens with zero attached hydrogens (tertiary/aromatic N) is 1. The van der Waals surface area contributed by atoms with E-state index in [0.717, 1.165) is 21.8 Å². The van der Waals surface area contributed by atoms with Crippen LogP contribution in [0.15, 0.2) is 50.2 Å². The normalized spacial score (nSPS) is 15.8. The Kier molecular flexibility index (Phi) is 5.74. The molecule has 2 amide bonds. The molecule has 26 heavy (non-hydrogen) atoms. The summed E-state index contributed by atoms with van der Waals surface area (Å²) in [6.45, 7) is 0.200. The van der Waals surface area contributed by atoms with Gasteiger partial charge in [0.25, 0.3) is 11.1 Å². The summed E-state index contributed by atoms with van der Waals surface area (Å²) in [5.41, 5.74) is 1.49. The van der Waals surface area contributed by atoms with E-state index in [9.17, 15) is 14.7 Å². The first-order valence-corrected chi connectivity index (χ1v) is 9.86. The number of halogens is 2. The second-order valence-electron chi connectivity index (χ2n) is 5.41. The summed E-state index contributed by atoms with van der Waals surface area (Å²) in [5, 5.41) is 9.56. The minimum absolute atomic E-state index is 0.0216. The van der Waals surface area contributed by atoms with Crippen molar-refractivity contribution in [3.05, 3.63) is 61.4 Å². The summed E-state index contributed by atoms with van der Waals surface area (Å²) in [4.78, 5) is 26.5. The summed E-state index contributed by atoms with van der Waals surface area (Å²) in [7, 11) is 1.44. The molecule has 0 radical (unpaired) electrons. The van der Waals surface area contributed by atoms with Gasteiger partial charge < -0.3 is 9.84 Å². The lowest BCUT2D eigenvalue weighted by Crippen LogP contribution is -2.27. The van der Waals surface area contributed by atoms with Crippen LogP contribution < -0.4 is 4.74 Å². The SMILES string of the molecule is COc1cc(/C=C2\SC(=O)N(Cc3ccccc3Br)C2=O)cc(Br)c1O. The monoisotopic (exact) mass is 497 g/mol. The maximum absolute atomic E-state index is 12.7. The van der Waals surface area contributed by atoms with Gasteiger partial charge in [0.1, 0.15) is 0 Å². The highest BCUT2D eigenvalue weighted by Crippen LogP contribution is 2.38. The molecule has 1 aliphatic heterocycles. The molecule has 0 aromatic heterocycles. The quantitative estimate of drug-likeness (QED) is 0.589. The van der Waals surface area contributed by atoms with Gasteiger partial charge in [0.15, 0.2) is 11.5 Å². The zero-order chi connectivity index (χ0) is 18.8. The van der Waals surface area contributed by atoms with Crippen molar-refractivity contribution in [2.24, 2.45) is 0 Å². The van der Waals surface area contributed by atoms with Gasteiger partial charge in [0.2, 0.25) is 0 Å². The van der Waals surface area contributed by atoms with Crippen molar-refractivity contribution in [2.45, 2.75) is 6.54 Å². The summed E-state index contributed by atoms with van der Waals surface area (Å²) in [6, 6.07) is 10.7. The van der Waals surface area contributed by atoms with Gasteiger partial charge >= 0.3 is 0 Å². The van der Waals surface area contributed by atoms with Crippen LogP contribution in [-0.2, 0) is 11.3 Å². The van der Waals surface area contributed by atoms with Crippen molar-refractivity contribution >= 4 is 60.8 Å². The van der Waals surface area contributed by atoms with Crippen molar-refractivity contribution in [3.8, 4) is 11.5 Å². The van der Waals surface area contributed by atoms with Gasteiger partial charge in [-0.05, 0) is 63.1 Å². The third-order valence-corrected chi connectivity index (χ3v) is 6.01. The van der Waals surface area contributed by atoms with E-state index in [2.05, 4.69) is 31.9 Å². The van der Waals surface area contributed by atoms with Crippen LogP contribution in [0.3, 0.4) is 0 Å². The molecule has 1 N–H and O–H groups in total. The average Bonchev–Trinajstić information content (AvgIpc) is 2.87. The van der Waals surface area contributed by atoms with E-state index in [1.165, 1.54) is 12.0 Å². The van der Waals surface area contributed by atoms with Crippen LogP contribution in [0.2, 0.25) is 0 Å².